The lowest BCUT2D eigenvalue weighted by molar-refractivity contribution is -0.161. The van der Waals surface area contributed by atoms with E-state index in [-0.39, 0.29) is 5.97 Å². The Bertz CT molecular complexity index is 945. The smallest absolute Gasteiger partial charge is 0.323 e. The van der Waals surface area contributed by atoms with Gasteiger partial charge in [-0.1, -0.05) is 42.0 Å². The van der Waals surface area contributed by atoms with Crippen molar-refractivity contribution in [3.05, 3.63) is 65.3 Å². The van der Waals surface area contributed by atoms with Crippen molar-refractivity contribution < 1.29 is 9.53 Å². The Kier molecular flexibility index (Phi) is 4.10. The first-order chi connectivity index (χ1) is 12.9. The van der Waals surface area contributed by atoms with E-state index in [1.54, 1.807) is 12.3 Å². The second-order valence-corrected chi connectivity index (χ2v) is 8.07. The topological polar surface area (TPSA) is 63.0 Å². The van der Waals surface area contributed by atoms with Crippen LogP contribution in [0.1, 0.15) is 38.3 Å². The average Bonchev–Trinajstić information content (AvgIpc) is 2.78. The second kappa shape index (κ2) is 6.34. The van der Waals surface area contributed by atoms with Crippen LogP contribution in [-0.4, -0.2) is 23.5 Å². The summed E-state index contributed by atoms with van der Waals surface area (Å²) in [5, 5.41) is 8.28. The number of nitrogens with zero attached hydrogens (tertiary/aromatic N) is 2. The van der Waals surface area contributed by atoms with Crippen LogP contribution in [-0.2, 0) is 16.0 Å². The molecule has 1 unspecified atom stereocenters. The third kappa shape index (κ3) is 3.14. The molecule has 5 nitrogen and oxygen atoms in total. The minimum Gasteiger partial charge on any atom is -0.459 e. The monoisotopic (exact) mass is 361 g/mol. The summed E-state index contributed by atoms with van der Waals surface area (Å²) in [7, 11) is 0. The number of hydrogen-bond donors (Lipinski definition) is 1. The molecule has 138 valence electrons. The maximum absolute atomic E-state index is 13.3. The Morgan fingerprint density at radius 2 is 2.04 bits per heavy atom. The van der Waals surface area contributed by atoms with E-state index in [0.717, 1.165) is 6.42 Å². The fourth-order valence-electron chi connectivity index (χ4n) is 3.81. The molecule has 1 atom stereocenters. The molecule has 0 spiro atoms. The van der Waals surface area contributed by atoms with Gasteiger partial charge in [-0.05, 0) is 62.5 Å². The van der Waals surface area contributed by atoms with Crippen LogP contribution in [0.5, 0.6) is 0 Å². The van der Waals surface area contributed by atoms with Gasteiger partial charge in [-0.3, -0.25) is 4.79 Å². The van der Waals surface area contributed by atoms with Crippen molar-refractivity contribution in [2.75, 3.05) is 0 Å². The molecule has 3 aliphatic rings. The molecule has 0 fully saturated rings. The van der Waals surface area contributed by atoms with Gasteiger partial charge in [0.2, 0.25) is 0 Å². The van der Waals surface area contributed by atoms with E-state index in [9.17, 15) is 4.79 Å². The molecule has 0 saturated heterocycles. The van der Waals surface area contributed by atoms with Gasteiger partial charge in [0.15, 0.2) is 0 Å². The zero-order chi connectivity index (χ0) is 19.1. The summed E-state index contributed by atoms with van der Waals surface area (Å²) in [6.45, 7) is 5.65. The van der Waals surface area contributed by atoms with Crippen LogP contribution in [0.4, 0.5) is 0 Å². The molecule has 0 saturated carbocycles. The number of allylic oxidation sites excluding steroid dienone is 5. The molecule has 0 radical (unpaired) electrons. The zero-order valence-electron chi connectivity index (χ0n) is 15.8. The standard InChI is InChI=1S/C22H23N3O2/c1-21(2,3)27-20(26)22(19-9-6-12-23-25-24-19)11-10-18-16(14-22)13-15-7-4-5-8-17(15)18/h4-12,25H,13-14H2,1-3H3. The number of carbonyl (C=O) groups is 1. The van der Waals surface area contributed by atoms with Crippen LogP contribution in [0.2, 0.25) is 0 Å². The third-order valence-electron chi connectivity index (χ3n) is 4.98. The van der Waals surface area contributed by atoms with Crippen LogP contribution in [0, 0.1) is 5.41 Å². The SMILES string of the molecule is CC(C)(C)OC(=O)C1(C2=NNN=CC=C2)C=CC2=C(Cc3ccccc32)C1. The van der Waals surface area contributed by atoms with Gasteiger partial charge in [-0.25, -0.2) is 0 Å². The number of rotatable bonds is 2. The quantitative estimate of drug-likeness (QED) is 0.815. The van der Waals surface area contributed by atoms with Gasteiger partial charge in [0.05, 0.1) is 5.71 Å². The normalized spacial score (nSPS) is 23.3. The summed E-state index contributed by atoms with van der Waals surface area (Å²) in [6.07, 6.45) is 10.6. The van der Waals surface area contributed by atoms with Crippen molar-refractivity contribution in [3.8, 4) is 0 Å². The molecule has 27 heavy (non-hydrogen) atoms. The molecule has 0 aromatic heterocycles. The van der Waals surface area contributed by atoms with E-state index in [0.29, 0.717) is 12.1 Å². The molecule has 1 heterocycles. The molecule has 0 amide bonds. The Balaban J connectivity index is 1.75. The first-order valence-electron chi connectivity index (χ1n) is 9.15. The Hall–Kier alpha value is -2.95. The first-order valence-corrected chi connectivity index (χ1v) is 9.15. The highest BCUT2D eigenvalue weighted by Gasteiger charge is 2.47. The van der Waals surface area contributed by atoms with E-state index in [1.165, 1.54) is 22.3 Å². The molecule has 1 aromatic carbocycles. The van der Waals surface area contributed by atoms with Crippen molar-refractivity contribution in [1.29, 1.82) is 0 Å². The van der Waals surface area contributed by atoms with E-state index < -0.39 is 11.0 Å². The van der Waals surface area contributed by atoms with Gasteiger partial charge in [0, 0.05) is 6.21 Å². The number of nitrogens with one attached hydrogen (secondary N) is 1. The van der Waals surface area contributed by atoms with Gasteiger partial charge in [0.1, 0.15) is 11.0 Å². The van der Waals surface area contributed by atoms with Crippen molar-refractivity contribution in [3.63, 3.8) is 0 Å². The minimum absolute atomic E-state index is 0.291. The van der Waals surface area contributed by atoms with Gasteiger partial charge in [0.25, 0.3) is 0 Å². The molecule has 5 heteroatoms. The van der Waals surface area contributed by atoms with Crippen molar-refractivity contribution >= 4 is 23.5 Å². The van der Waals surface area contributed by atoms with Crippen LogP contribution in [0.25, 0.3) is 5.57 Å². The third-order valence-corrected chi connectivity index (χ3v) is 4.98. The van der Waals surface area contributed by atoms with Gasteiger partial charge < -0.3 is 4.74 Å². The summed E-state index contributed by atoms with van der Waals surface area (Å²) >= 11 is 0. The van der Waals surface area contributed by atoms with E-state index in [2.05, 4.69) is 46.1 Å². The highest BCUT2D eigenvalue weighted by Crippen LogP contribution is 2.46. The molecule has 1 aromatic rings. The number of fused-ring (bicyclic) bond motifs is 2. The van der Waals surface area contributed by atoms with Gasteiger partial charge in [-0.2, -0.15) is 15.7 Å². The zero-order valence-corrected chi connectivity index (χ0v) is 15.8. The number of hydrogen-bond acceptors (Lipinski definition) is 5. The molecule has 4 rings (SSSR count). The Morgan fingerprint density at radius 1 is 1.22 bits per heavy atom. The van der Waals surface area contributed by atoms with Crippen LogP contribution in [0.3, 0.4) is 0 Å². The summed E-state index contributed by atoms with van der Waals surface area (Å²) in [5.74, 6) is -0.291. The first kappa shape index (κ1) is 17.5. The van der Waals surface area contributed by atoms with Crippen LogP contribution >= 0.6 is 0 Å². The van der Waals surface area contributed by atoms with E-state index in [4.69, 9.17) is 4.74 Å². The Labute approximate surface area is 159 Å². The molecular weight excluding hydrogens is 338 g/mol. The summed E-state index contributed by atoms with van der Waals surface area (Å²) in [5.41, 5.74) is 6.72. The van der Waals surface area contributed by atoms with Crippen LogP contribution < -0.4 is 5.53 Å². The highest BCUT2D eigenvalue weighted by molar-refractivity contribution is 6.16. The number of ether oxygens (including phenoxy) is 1. The Morgan fingerprint density at radius 3 is 2.85 bits per heavy atom. The fourth-order valence-corrected chi connectivity index (χ4v) is 3.81. The number of esters is 1. The molecule has 1 aliphatic heterocycles. The lowest BCUT2D eigenvalue weighted by Crippen LogP contribution is -2.43. The maximum Gasteiger partial charge on any atom is 0.323 e. The molecule has 1 N–H and O–H groups in total. The van der Waals surface area contributed by atoms with E-state index in [1.807, 2.05) is 32.9 Å². The molecular formula is C22H23N3O2. The van der Waals surface area contributed by atoms with Crippen LogP contribution in [0.15, 0.2) is 64.3 Å². The van der Waals surface area contributed by atoms with Crippen molar-refractivity contribution in [2.45, 2.75) is 39.2 Å². The maximum atomic E-state index is 13.3. The molecule has 2 aliphatic carbocycles. The van der Waals surface area contributed by atoms with Gasteiger partial charge >= 0.3 is 5.97 Å². The summed E-state index contributed by atoms with van der Waals surface area (Å²) in [6, 6.07) is 8.40. The lowest BCUT2D eigenvalue weighted by atomic mass is 9.72. The largest absolute Gasteiger partial charge is 0.459 e. The lowest BCUT2D eigenvalue weighted by Gasteiger charge is -2.34. The fraction of sp³-hybridized carbons (Fsp3) is 0.318. The molecule has 0 bridgehead atoms. The average molecular weight is 361 g/mol. The van der Waals surface area contributed by atoms with Gasteiger partial charge in [-0.15, -0.1) is 0 Å². The predicted molar refractivity (Wildman–Crippen MR) is 107 cm³/mol. The number of carbonyl (C=O) groups excluding carboxylic acids is 1. The van der Waals surface area contributed by atoms with E-state index >= 15 is 0 Å². The highest BCUT2D eigenvalue weighted by atomic mass is 16.6. The predicted octanol–water partition coefficient (Wildman–Crippen LogP) is 3.79. The van der Waals surface area contributed by atoms with Crippen molar-refractivity contribution in [1.82, 2.24) is 5.53 Å². The number of hydrazone groups is 2. The number of benzene rings is 1. The summed E-state index contributed by atoms with van der Waals surface area (Å²) in [4.78, 5) is 13.3. The second-order valence-electron chi connectivity index (χ2n) is 8.07. The summed E-state index contributed by atoms with van der Waals surface area (Å²) < 4.78 is 5.80. The minimum atomic E-state index is -0.967. The van der Waals surface area contributed by atoms with Crippen molar-refractivity contribution in [2.24, 2.45) is 15.6 Å².